The van der Waals surface area contributed by atoms with Crippen molar-refractivity contribution in [3.63, 3.8) is 0 Å². The molecule has 1 heterocycles. The van der Waals surface area contributed by atoms with E-state index < -0.39 is 6.10 Å². The van der Waals surface area contributed by atoms with Gasteiger partial charge >= 0.3 is 0 Å². The van der Waals surface area contributed by atoms with Crippen LogP contribution in [0.2, 0.25) is 0 Å². The smallest absolute Gasteiger partial charge is 0.196 e. The molecule has 5 heteroatoms. The number of aldehydes is 1. The van der Waals surface area contributed by atoms with Crippen molar-refractivity contribution in [2.45, 2.75) is 6.10 Å². The zero-order valence-electron chi connectivity index (χ0n) is 8.84. The summed E-state index contributed by atoms with van der Waals surface area (Å²) in [7, 11) is 3.30. The minimum Gasteiger partial charge on any atom is -0.438 e. The monoisotopic (exact) mass is 213 g/mol. The molecule has 1 aromatic rings. The average molecular weight is 213 g/mol. The SMILES string of the molecule is COCC(O)CN(C)c1ccc(C=O)o1. The molecule has 1 N–H and O–H groups in total. The summed E-state index contributed by atoms with van der Waals surface area (Å²) in [6.45, 7) is 0.658. The van der Waals surface area contributed by atoms with Gasteiger partial charge in [0.05, 0.1) is 12.7 Å². The third kappa shape index (κ3) is 3.38. The molecule has 15 heavy (non-hydrogen) atoms. The molecule has 0 saturated carbocycles. The molecule has 0 fully saturated rings. The van der Waals surface area contributed by atoms with Gasteiger partial charge in [-0.3, -0.25) is 4.79 Å². The highest BCUT2D eigenvalue weighted by Crippen LogP contribution is 2.16. The van der Waals surface area contributed by atoms with E-state index in [2.05, 4.69) is 0 Å². The van der Waals surface area contributed by atoms with Crippen LogP contribution in [0.15, 0.2) is 16.5 Å². The van der Waals surface area contributed by atoms with Crippen LogP contribution in [0.25, 0.3) is 0 Å². The second-order valence-corrected chi connectivity index (χ2v) is 3.28. The van der Waals surface area contributed by atoms with Crippen LogP contribution in [0.5, 0.6) is 0 Å². The Balaban J connectivity index is 2.52. The van der Waals surface area contributed by atoms with E-state index in [1.807, 2.05) is 0 Å². The Kier molecular flexibility index (Phi) is 4.33. The van der Waals surface area contributed by atoms with E-state index in [0.29, 0.717) is 18.7 Å². The van der Waals surface area contributed by atoms with Gasteiger partial charge in [-0.2, -0.15) is 0 Å². The molecule has 0 spiro atoms. The number of aliphatic hydroxyl groups is 1. The average Bonchev–Trinajstić information content (AvgIpc) is 2.66. The normalized spacial score (nSPS) is 12.5. The number of rotatable bonds is 6. The van der Waals surface area contributed by atoms with Crippen LogP contribution in [0.4, 0.5) is 5.88 Å². The van der Waals surface area contributed by atoms with Gasteiger partial charge in [-0.05, 0) is 6.07 Å². The fraction of sp³-hybridized carbons (Fsp3) is 0.500. The summed E-state index contributed by atoms with van der Waals surface area (Å²) in [4.78, 5) is 12.1. The van der Waals surface area contributed by atoms with Crippen LogP contribution in [0, 0.1) is 0 Å². The maximum atomic E-state index is 10.4. The van der Waals surface area contributed by atoms with Crippen molar-refractivity contribution in [2.24, 2.45) is 0 Å². The Morgan fingerprint density at radius 3 is 2.93 bits per heavy atom. The Morgan fingerprint density at radius 1 is 1.67 bits per heavy atom. The molecule has 0 saturated heterocycles. The minimum absolute atomic E-state index is 0.269. The van der Waals surface area contributed by atoms with E-state index in [4.69, 9.17) is 9.15 Å². The molecule has 0 radical (unpaired) electrons. The lowest BCUT2D eigenvalue weighted by Crippen LogP contribution is -2.31. The molecule has 1 aromatic heterocycles. The highest BCUT2D eigenvalue weighted by molar-refractivity contribution is 5.71. The van der Waals surface area contributed by atoms with E-state index in [9.17, 15) is 9.90 Å². The van der Waals surface area contributed by atoms with Crippen molar-refractivity contribution in [1.29, 1.82) is 0 Å². The predicted octanol–water partition coefficient (Wildman–Crippen LogP) is 0.536. The first-order valence-corrected chi connectivity index (χ1v) is 4.60. The molecule has 5 nitrogen and oxygen atoms in total. The number of nitrogens with zero attached hydrogens (tertiary/aromatic N) is 1. The summed E-state index contributed by atoms with van der Waals surface area (Å²) >= 11 is 0. The summed E-state index contributed by atoms with van der Waals surface area (Å²) < 4.78 is 9.98. The highest BCUT2D eigenvalue weighted by Gasteiger charge is 2.11. The van der Waals surface area contributed by atoms with Gasteiger partial charge in [0.15, 0.2) is 17.9 Å². The molecule has 0 aliphatic heterocycles. The first-order chi connectivity index (χ1) is 7.17. The molecule has 1 rings (SSSR count). The van der Waals surface area contributed by atoms with Crippen molar-refractivity contribution < 1.29 is 19.1 Å². The minimum atomic E-state index is -0.579. The Labute approximate surface area is 88.2 Å². The number of anilines is 1. The Bertz CT molecular complexity index is 310. The highest BCUT2D eigenvalue weighted by atomic mass is 16.5. The molecule has 0 aliphatic rings. The van der Waals surface area contributed by atoms with Crippen molar-refractivity contribution in [2.75, 3.05) is 32.2 Å². The first-order valence-electron chi connectivity index (χ1n) is 4.60. The van der Waals surface area contributed by atoms with E-state index in [1.54, 1.807) is 24.1 Å². The number of methoxy groups -OCH3 is 1. The molecule has 0 bridgehead atoms. The van der Waals surface area contributed by atoms with Gasteiger partial charge in [0.25, 0.3) is 0 Å². The van der Waals surface area contributed by atoms with E-state index >= 15 is 0 Å². The van der Waals surface area contributed by atoms with Crippen LogP contribution in [0.3, 0.4) is 0 Å². The number of aliphatic hydroxyl groups excluding tert-OH is 1. The van der Waals surface area contributed by atoms with Crippen molar-refractivity contribution in [1.82, 2.24) is 0 Å². The number of ether oxygens (including phenoxy) is 1. The number of carbonyl (C=O) groups excluding carboxylic acids is 1. The van der Waals surface area contributed by atoms with Crippen LogP contribution >= 0.6 is 0 Å². The maximum Gasteiger partial charge on any atom is 0.196 e. The van der Waals surface area contributed by atoms with Crippen LogP contribution < -0.4 is 4.90 Å². The van der Waals surface area contributed by atoms with Crippen molar-refractivity contribution >= 4 is 12.2 Å². The Morgan fingerprint density at radius 2 is 2.40 bits per heavy atom. The fourth-order valence-corrected chi connectivity index (χ4v) is 1.26. The van der Waals surface area contributed by atoms with Crippen LogP contribution in [-0.4, -0.2) is 44.8 Å². The quantitative estimate of drug-likeness (QED) is 0.698. The van der Waals surface area contributed by atoms with Gasteiger partial charge in [0, 0.05) is 26.8 Å². The number of hydrogen-bond donors (Lipinski definition) is 1. The molecular weight excluding hydrogens is 198 g/mol. The lowest BCUT2D eigenvalue weighted by atomic mass is 10.3. The van der Waals surface area contributed by atoms with E-state index in [1.165, 1.54) is 7.11 Å². The largest absolute Gasteiger partial charge is 0.438 e. The standard InChI is InChI=1S/C10H15NO4/c1-11(5-8(13)7-14-2)10-4-3-9(6-12)15-10/h3-4,6,8,13H,5,7H2,1-2H3. The van der Waals surface area contributed by atoms with E-state index in [0.717, 1.165) is 0 Å². The Hall–Kier alpha value is -1.33. The third-order valence-corrected chi connectivity index (χ3v) is 1.95. The number of likely N-dealkylation sites (N-methyl/N-ethyl adjacent to an activating group) is 1. The van der Waals surface area contributed by atoms with Crippen LogP contribution in [0.1, 0.15) is 10.6 Å². The number of hydrogen-bond acceptors (Lipinski definition) is 5. The van der Waals surface area contributed by atoms with E-state index in [-0.39, 0.29) is 12.4 Å². The molecular formula is C10H15NO4. The molecule has 0 aromatic carbocycles. The summed E-state index contributed by atoms with van der Waals surface area (Å²) in [5.74, 6) is 0.824. The zero-order valence-corrected chi connectivity index (χ0v) is 8.84. The maximum absolute atomic E-state index is 10.4. The third-order valence-electron chi connectivity index (χ3n) is 1.95. The summed E-state index contributed by atoms with van der Waals surface area (Å²) in [5, 5.41) is 9.47. The van der Waals surface area contributed by atoms with Crippen molar-refractivity contribution in [3.05, 3.63) is 17.9 Å². The second-order valence-electron chi connectivity index (χ2n) is 3.28. The summed E-state index contributed by atoms with van der Waals surface area (Å²) in [5.41, 5.74) is 0. The molecule has 1 unspecified atom stereocenters. The predicted molar refractivity (Wildman–Crippen MR) is 55.2 cm³/mol. The first kappa shape index (κ1) is 11.7. The molecule has 1 atom stereocenters. The van der Waals surface area contributed by atoms with Gasteiger partial charge in [-0.1, -0.05) is 0 Å². The van der Waals surface area contributed by atoms with Gasteiger partial charge in [-0.25, -0.2) is 0 Å². The lowest BCUT2D eigenvalue weighted by molar-refractivity contribution is 0.0690. The summed E-state index contributed by atoms with van der Waals surface area (Å²) in [6, 6.07) is 3.27. The fourth-order valence-electron chi connectivity index (χ4n) is 1.26. The second kappa shape index (κ2) is 5.53. The number of carbonyl (C=O) groups is 1. The number of furan rings is 1. The van der Waals surface area contributed by atoms with Gasteiger partial charge in [0.2, 0.25) is 0 Å². The summed E-state index contributed by atoms with van der Waals surface area (Å²) in [6.07, 6.45) is 0.0629. The van der Waals surface area contributed by atoms with Gasteiger partial charge in [-0.15, -0.1) is 0 Å². The van der Waals surface area contributed by atoms with Gasteiger partial charge in [0.1, 0.15) is 0 Å². The van der Waals surface area contributed by atoms with Gasteiger partial charge < -0.3 is 19.2 Å². The van der Waals surface area contributed by atoms with Crippen molar-refractivity contribution in [3.8, 4) is 0 Å². The molecule has 0 amide bonds. The lowest BCUT2D eigenvalue weighted by Gasteiger charge is -2.19. The topological polar surface area (TPSA) is 62.9 Å². The van der Waals surface area contributed by atoms with Crippen LogP contribution in [-0.2, 0) is 4.74 Å². The molecule has 0 aliphatic carbocycles. The molecule has 84 valence electrons. The zero-order chi connectivity index (χ0) is 11.3.